The van der Waals surface area contributed by atoms with Crippen LogP contribution in [-0.4, -0.2) is 19.1 Å². The molecule has 4 nitrogen and oxygen atoms in total. The Bertz CT molecular complexity index is 441. The van der Waals surface area contributed by atoms with Crippen LogP contribution in [0.1, 0.15) is 42.1 Å². The summed E-state index contributed by atoms with van der Waals surface area (Å²) < 4.78 is 10.8. The van der Waals surface area contributed by atoms with Gasteiger partial charge in [0, 0.05) is 17.5 Å². The lowest BCUT2D eigenvalue weighted by molar-refractivity contribution is 0.0983. The Hall–Kier alpha value is -1.55. The molecule has 1 aromatic rings. The van der Waals surface area contributed by atoms with E-state index in [2.05, 4.69) is 0 Å². The van der Waals surface area contributed by atoms with Crippen LogP contribution in [-0.2, 0) is 0 Å². The third-order valence-corrected chi connectivity index (χ3v) is 2.83. The number of hydrogen-bond donors (Lipinski definition) is 1. The van der Waals surface area contributed by atoms with Gasteiger partial charge < -0.3 is 15.2 Å². The Morgan fingerprint density at radius 3 is 2.82 bits per heavy atom. The highest BCUT2D eigenvalue weighted by Crippen LogP contribution is 2.41. The van der Waals surface area contributed by atoms with Crippen LogP contribution in [0.2, 0.25) is 0 Å². The number of ketones is 1. The summed E-state index contributed by atoms with van der Waals surface area (Å²) in [6, 6.07) is 3.60. The molecule has 0 saturated carbocycles. The van der Waals surface area contributed by atoms with E-state index in [4.69, 9.17) is 15.2 Å². The van der Waals surface area contributed by atoms with Crippen molar-refractivity contribution in [3.63, 3.8) is 0 Å². The zero-order chi connectivity index (χ0) is 12.4. The summed E-state index contributed by atoms with van der Waals surface area (Å²) in [6.07, 6.45) is 0.360. The van der Waals surface area contributed by atoms with Crippen LogP contribution in [0.3, 0.4) is 0 Å². The molecule has 92 valence electrons. The largest absolute Gasteiger partial charge is 0.454 e. The van der Waals surface area contributed by atoms with Crippen molar-refractivity contribution in [3.05, 3.63) is 23.3 Å². The van der Waals surface area contributed by atoms with E-state index in [1.165, 1.54) is 0 Å². The summed E-state index contributed by atoms with van der Waals surface area (Å²) in [4.78, 5) is 12.0. The van der Waals surface area contributed by atoms with Crippen molar-refractivity contribution in [2.75, 3.05) is 13.3 Å². The summed E-state index contributed by atoms with van der Waals surface area (Å²) in [5, 5.41) is 0. The Labute approximate surface area is 101 Å². The van der Waals surface area contributed by atoms with E-state index < -0.39 is 0 Å². The van der Waals surface area contributed by atoms with E-state index >= 15 is 0 Å². The van der Waals surface area contributed by atoms with E-state index in [1.54, 1.807) is 12.1 Å². The molecule has 1 aliphatic heterocycles. The third kappa shape index (κ3) is 2.13. The van der Waals surface area contributed by atoms with Gasteiger partial charge in [-0.15, -0.1) is 0 Å². The van der Waals surface area contributed by atoms with E-state index in [0.29, 0.717) is 24.3 Å². The van der Waals surface area contributed by atoms with Crippen LogP contribution in [0.25, 0.3) is 0 Å². The topological polar surface area (TPSA) is 61.6 Å². The van der Waals surface area contributed by atoms with Crippen LogP contribution in [0, 0.1) is 0 Å². The molecule has 0 radical (unpaired) electrons. The van der Waals surface area contributed by atoms with Crippen LogP contribution >= 0.6 is 0 Å². The number of Topliss-reactive ketones (excluding diaryl/α,β-unsaturated/α-hetero) is 1. The fourth-order valence-electron chi connectivity index (χ4n) is 2.08. The minimum Gasteiger partial charge on any atom is -0.454 e. The molecule has 0 fully saturated rings. The molecule has 0 amide bonds. The molecule has 2 N–H and O–H groups in total. The fraction of sp³-hybridized carbons (Fsp3) is 0.462. The first-order chi connectivity index (χ1) is 8.15. The van der Waals surface area contributed by atoms with E-state index in [-0.39, 0.29) is 18.5 Å². The number of ether oxygens (including phenoxy) is 2. The Morgan fingerprint density at radius 2 is 2.18 bits per heavy atom. The Balaban J connectivity index is 2.49. The average Bonchev–Trinajstić information content (AvgIpc) is 2.75. The highest BCUT2D eigenvalue weighted by atomic mass is 16.7. The predicted molar refractivity (Wildman–Crippen MR) is 64.7 cm³/mol. The molecule has 0 spiro atoms. The van der Waals surface area contributed by atoms with Crippen molar-refractivity contribution in [2.45, 2.75) is 26.2 Å². The Morgan fingerprint density at radius 1 is 1.41 bits per heavy atom. The molecule has 1 aliphatic rings. The highest BCUT2D eigenvalue weighted by molar-refractivity contribution is 5.98. The van der Waals surface area contributed by atoms with Gasteiger partial charge >= 0.3 is 0 Å². The van der Waals surface area contributed by atoms with Crippen LogP contribution in [0.15, 0.2) is 12.1 Å². The molecule has 4 heteroatoms. The molecule has 2 rings (SSSR count). The second-order valence-electron chi connectivity index (χ2n) is 4.38. The lowest BCUT2D eigenvalue weighted by atomic mass is 9.92. The quantitative estimate of drug-likeness (QED) is 0.811. The van der Waals surface area contributed by atoms with E-state index in [0.717, 1.165) is 11.3 Å². The zero-order valence-corrected chi connectivity index (χ0v) is 10.2. The van der Waals surface area contributed by atoms with Gasteiger partial charge in [0.1, 0.15) is 0 Å². The minimum atomic E-state index is 0.0644. The standard InChI is InChI=1S/C13H17NO3/c1-8(2)12-9(10(15)5-6-14)3-4-11-13(12)17-7-16-11/h3-4,8H,5-7,14H2,1-2H3. The van der Waals surface area contributed by atoms with Gasteiger partial charge in [-0.1, -0.05) is 13.8 Å². The molecule has 0 unspecified atom stereocenters. The van der Waals surface area contributed by atoms with Crippen molar-refractivity contribution in [1.82, 2.24) is 0 Å². The maximum absolute atomic E-state index is 12.0. The molecular weight excluding hydrogens is 218 g/mol. The van der Waals surface area contributed by atoms with Crippen molar-refractivity contribution < 1.29 is 14.3 Å². The summed E-state index contributed by atoms with van der Waals surface area (Å²) in [7, 11) is 0. The molecule has 0 aliphatic carbocycles. The monoisotopic (exact) mass is 235 g/mol. The summed E-state index contributed by atoms with van der Waals surface area (Å²) in [5.41, 5.74) is 7.06. The highest BCUT2D eigenvalue weighted by Gasteiger charge is 2.25. The normalized spacial score (nSPS) is 13.2. The first kappa shape index (κ1) is 11.9. The van der Waals surface area contributed by atoms with Crippen LogP contribution in [0.4, 0.5) is 0 Å². The first-order valence-electron chi connectivity index (χ1n) is 5.81. The lowest BCUT2D eigenvalue weighted by Gasteiger charge is -2.14. The minimum absolute atomic E-state index is 0.0644. The van der Waals surface area contributed by atoms with Crippen molar-refractivity contribution in [2.24, 2.45) is 5.73 Å². The second kappa shape index (κ2) is 4.75. The third-order valence-electron chi connectivity index (χ3n) is 2.83. The van der Waals surface area contributed by atoms with Gasteiger partial charge in [-0.2, -0.15) is 0 Å². The molecule has 0 saturated heterocycles. The zero-order valence-electron chi connectivity index (χ0n) is 10.2. The van der Waals surface area contributed by atoms with Gasteiger partial charge in [0.05, 0.1) is 0 Å². The molecular formula is C13H17NO3. The lowest BCUT2D eigenvalue weighted by Crippen LogP contribution is -2.11. The van der Waals surface area contributed by atoms with E-state index in [9.17, 15) is 4.79 Å². The molecule has 0 aromatic heterocycles. The summed E-state index contributed by atoms with van der Waals surface area (Å²) in [5.74, 6) is 1.71. The molecule has 0 atom stereocenters. The smallest absolute Gasteiger partial charge is 0.231 e. The molecule has 17 heavy (non-hydrogen) atoms. The van der Waals surface area contributed by atoms with Gasteiger partial charge in [0.2, 0.25) is 6.79 Å². The SMILES string of the molecule is CC(C)c1c(C(=O)CCN)ccc2c1OCO2. The number of hydrogen-bond acceptors (Lipinski definition) is 4. The second-order valence-corrected chi connectivity index (χ2v) is 4.38. The number of rotatable bonds is 4. The predicted octanol–water partition coefficient (Wildman–Crippen LogP) is 2.07. The van der Waals surface area contributed by atoms with Gasteiger partial charge in [0.15, 0.2) is 17.3 Å². The van der Waals surface area contributed by atoms with Gasteiger partial charge in [-0.25, -0.2) is 0 Å². The van der Waals surface area contributed by atoms with E-state index in [1.807, 2.05) is 13.8 Å². The van der Waals surface area contributed by atoms with Crippen molar-refractivity contribution in [3.8, 4) is 11.5 Å². The number of fused-ring (bicyclic) bond motifs is 1. The molecule has 1 aromatic carbocycles. The maximum Gasteiger partial charge on any atom is 0.231 e. The number of carbonyl (C=O) groups is 1. The molecule has 1 heterocycles. The van der Waals surface area contributed by atoms with Crippen molar-refractivity contribution in [1.29, 1.82) is 0 Å². The fourth-order valence-corrected chi connectivity index (χ4v) is 2.08. The van der Waals surface area contributed by atoms with Crippen molar-refractivity contribution >= 4 is 5.78 Å². The molecule has 0 bridgehead atoms. The maximum atomic E-state index is 12.0. The summed E-state index contributed by atoms with van der Waals surface area (Å²) >= 11 is 0. The van der Waals surface area contributed by atoms with Crippen LogP contribution < -0.4 is 15.2 Å². The van der Waals surface area contributed by atoms with Crippen LogP contribution in [0.5, 0.6) is 11.5 Å². The first-order valence-corrected chi connectivity index (χ1v) is 5.81. The van der Waals surface area contributed by atoms with Gasteiger partial charge in [0.25, 0.3) is 0 Å². The number of benzene rings is 1. The average molecular weight is 235 g/mol. The number of nitrogens with two attached hydrogens (primary N) is 1. The number of carbonyl (C=O) groups excluding carboxylic acids is 1. The Kier molecular flexibility index (Phi) is 3.33. The van der Waals surface area contributed by atoms with Gasteiger partial charge in [-0.3, -0.25) is 4.79 Å². The summed E-state index contributed by atoms with van der Waals surface area (Å²) in [6.45, 7) is 4.67. The van der Waals surface area contributed by atoms with Gasteiger partial charge in [-0.05, 0) is 24.6 Å².